The van der Waals surface area contributed by atoms with Gasteiger partial charge in [0.25, 0.3) is 5.91 Å². The van der Waals surface area contributed by atoms with Gasteiger partial charge in [-0.15, -0.1) is 11.3 Å². The van der Waals surface area contributed by atoms with Crippen molar-refractivity contribution in [2.45, 2.75) is 51.5 Å². The van der Waals surface area contributed by atoms with E-state index in [0.29, 0.717) is 17.9 Å². The Kier molecular flexibility index (Phi) is 5.16. The summed E-state index contributed by atoms with van der Waals surface area (Å²) in [5.41, 5.74) is 0. The lowest BCUT2D eigenvalue weighted by atomic mass is 9.86. The molecule has 112 valence electrons. The predicted molar refractivity (Wildman–Crippen MR) is 81.1 cm³/mol. The quantitative estimate of drug-likeness (QED) is 0.929. The number of carbonyl (C=O) groups excluding carboxylic acids is 1. The Balaban J connectivity index is 1.97. The molecule has 1 aliphatic rings. The molecule has 0 radical (unpaired) electrons. The normalized spacial score (nSPS) is 23.1. The van der Waals surface area contributed by atoms with Gasteiger partial charge in [0.1, 0.15) is 4.88 Å². The van der Waals surface area contributed by atoms with Crippen LogP contribution >= 0.6 is 11.3 Å². The van der Waals surface area contributed by atoms with E-state index in [2.05, 4.69) is 18.8 Å². The van der Waals surface area contributed by atoms with Crippen molar-refractivity contribution in [3.63, 3.8) is 0 Å². The zero-order chi connectivity index (χ0) is 14.7. The second kappa shape index (κ2) is 6.68. The standard InChI is InChI=1S/C15H24N2O2S/c1-10(2)14-16-8-13(20-14)15(19)17(3)12-6-4-11(9-18)5-7-12/h8,10-12,18H,4-7,9H2,1-3H3. The van der Waals surface area contributed by atoms with Crippen LogP contribution in [-0.2, 0) is 0 Å². The van der Waals surface area contributed by atoms with Crippen LogP contribution in [0.2, 0.25) is 0 Å². The summed E-state index contributed by atoms with van der Waals surface area (Å²) in [5, 5.41) is 10.2. The molecule has 1 aromatic rings. The highest BCUT2D eigenvalue weighted by atomic mass is 32.1. The van der Waals surface area contributed by atoms with Crippen LogP contribution in [0, 0.1) is 5.92 Å². The van der Waals surface area contributed by atoms with E-state index in [1.807, 2.05) is 11.9 Å². The first-order valence-corrected chi connectivity index (χ1v) is 8.18. The third-order valence-electron chi connectivity index (χ3n) is 4.17. The van der Waals surface area contributed by atoms with Gasteiger partial charge in [0, 0.05) is 25.6 Å². The Bertz CT molecular complexity index is 450. The fraction of sp³-hybridized carbons (Fsp3) is 0.733. The van der Waals surface area contributed by atoms with E-state index in [1.165, 1.54) is 11.3 Å². The highest BCUT2D eigenvalue weighted by molar-refractivity contribution is 7.13. The number of thiazole rings is 1. The van der Waals surface area contributed by atoms with Crippen LogP contribution in [0.3, 0.4) is 0 Å². The van der Waals surface area contributed by atoms with E-state index >= 15 is 0 Å². The molecule has 0 spiro atoms. The third-order valence-corrected chi connectivity index (χ3v) is 5.46. The van der Waals surface area contributed by atoms with Crippen LogP contribution in [0.4, 0.5) is 0 Å². The van der Waals surface area contributed by atoms with Gasteiger partial charge in [0.2, 0.25) is 0 Å². The Morgan fingerprint density at radius 3 is 2.60 bits per heavy atom. The molecule has 1 aromatic heterocycles. The summed E-state index contributed by atoms with van der Waals surface area (Å²) in [7, 11) is 1.89. The van der Waals surface area contributed by atoms with Gasteiger partial charge in [0.15, 0.2) is 0 Å². The molecule has 0 atom stereocenters. The van der Waals surface area contributed by atoms with Crippen LogP contribution in [0.5, 0.6) is 0 Å². The molecular formula is C15H24N2O2S. The summed E-state index contributed by atoms with van der Waals surface area (Å²) in [6.07, 6.45) is 5.71. The summed E-state index contributed by atoms with van der Waals surface area (Å²) in [5.74, 6) is 0.874. The van der Waals surface area contributed by atoms with Crippen molar-refractivity contribution in [1.82, 2.24) is 9.88 Å². The number of hydrogen-bond acceptors (Lipinski definition) is 4. The zero-order valence-corrected chi connectivity index (χ0v) is 13.3. The molecule has 1 aliphatic carbocycles. The number of nitrogens with zero attached hydrogens (tertiary/aromatic N) is 2. The first-order valence-electron chi connectivity index (χ1n) is 7.36. The summed E-state index contributed by atoms with van der Waals surface area (Å²) in [4.78, 5) is 19.4. The number of aliphatic hydroxyl groups excluding tert-OH is 1. The van der Waals surface area contributed by atoms with Gasteiger partial charge in [-0.2, -0.15) is 0 Å². The topological polar surface area (TPSA) is 53.4 Å². The van der Waals surface area contributed by atoms with E-state index in [0.717, 1.165) is 35.6 Å². The first-order chi connectivity index (χ1) is 9.52. The smallest absolute Gasteiger partial charge is 0.265 e. The SMILES string of the molecule is CC(C)c1ncc(C(=O)N(C)C2CCC(CO)CC2)s1. The second-order valence-electron chi connectivity index (χ2n) is 5.99. The maximum atomic E-state index is 12.5. The molecule has 0 bridgehead atoms. The van der Waals surface area contributed by atoms with Gasteiger partial charge in [-0.1, -0.05) is 13.8 Å². The van der Waals surface area contributed by atoms with Crippen molar-refractivity contribution in [3.05, 3.63) is 16.1 Å². The van der Waals surface area contributed by atoms with Crippen molar-refractivity contribution in [2.24, 2.45) is 5.92 Å². The maximum Gasteiger partial charge on any atom is 0.265 e. The van der Waals surface area contributed by atoms with Crippen molar-refractivity contribution in [2.75, 3.05) is 13.7 Å². The number of carbonyl (C=O) groups is 1. The minimum Gasteiger partial charge on any atom is -0.396 e. The van der Waals surface area contributed by atoms with E-state index < -0.39 is 0 Å². The molecule has 0 aromatic carbocycles. The molecule has 0 unspecified atom stereocenters. The Morgan fingerprint density at radius 2 is 2.10 bits per heavy atom. The van der Waals surface area contributed by atoms with E-state index in [-0.39, 0.29) is 12.5 Å². The van der Waals surface area contributed by atoms with Crippen LogP contribution in [0.15, 0.2) is 6.20 Å². The van der Waals surface area contributed by atoms with Gasteiger partial charge in [-0.05, 0) is 31.6 Å². The summed E-state index contributed by atoms with van der Waals surface area (Å²) in [6.45, 7) is 4.46. The molecule has 1 saturated carbocycles. The molecule has 1 heterocycles. The maximum absolute atomic E-state index is 12.5. The minimum absolute atomic E-state index is 0.0850. The number of aliphatic hydroxyl groups is 1. The van der Waals surface area contributed by atoms with E-state index in [4.69, 9.17) is 0 Å². The lowest BCUT2D eigenvalue weighted by Gasteiger charge is -2.33. The fourth-order valence-electron chi connectivity index (χ4n) is 2.71. The molecule has 1 fully saturated rings. The molecular weight excluding hydrogens is 272 g/mol. The average Bonchev–Trinajstić information content (AvgIpc) is 2.96. The van der Waals surface area contributed by atoms with Gasteiger partial charge < -0.3 is 10.0 Å². The van der Waals surface area contributed by atoms with E-state index in [1.54, 1.807) is 6.20 Å². The van der Waals surface area contributed by atoms with Crippen LogP contribution in [-0.4, -0.2) is 40.6 Å². The van der Waals surface area contributed by atoms with Crippen molar-refractivity contribution in [1.29, 1.82) is 0 Å². The van der Waals surface area contributed by atoms with Gasteiger partial charge in [-0.25, -0.2) is 4.98 Å². The molecule has 0 saturated heterocycles. The van der Waals surface area contributed by atoms with Crippen molar-refractivity contribution in [3.8, 4) is 0 Å². The van der Waals surface area contributed by atoms with Crippen LogP contribution < -0.4 is 0 Å². The fourth-order valence-corrected chi connectivity index (χ4v) is 3.61. The molecule has 1 amide bonds. The lowest BCUT2D eigenvalue weighted by molar-refractivity contribution is 0.0657. The predicted octanol–water partition coefficient (Wildman–Crippen LogP) is 2.89. The highest BCUT2D eigenvalue weighted by Crippen LogP contribution is 2.28. The van der Waals surface area contributed by atoms with Gasteiger partial charge in [-0.3, -0.25) is 4.79 Å². The minimum atomic E-state index is 0.0850. The summed E-state index contributed by atoms with van der Waals surface area (Å²) in [6, 6.07) is 0.301. The third kappa shape index (κ3) is 3.38. The van der Waals surface area contributed by atoms with Crippen LogP contribution in [0.25, 0.3) is 0 Å². The molecule has 2 rings (SSSR count). The zero-order valence-electron chi connectivity index (χ0n) is 12.5. The number of amides is 1. The molecule has 1 N–H and O–H groups in total. The van der Waals surface area contributed by atoms with Crippen molar-refractivity contribution < 1.29 is 9.90 Å². The van der Waals surface area contributed by atoms with Gasteiger partial charge >= 0.3 is 0 Å². The number of hydrogen-bond donors (Lipinski definition) is 1. The Hall–Kier alpha value is -0.940. The second-order valence-corrected chi connectivity index (χ2v) is 7.05. The highest BCUT2D eigenvalue weighted by Gasteiger charge is 2.27. The summed E-state index contributed by atoms with van der Waals surface area (Å²) < 4.78 is 0. The largest absolute Gasteiger partial charge is 0.396 e. The Labute approximate surface area is 124 Å². The van der Waals surface area contributed by atoms with E-state index in [9.17, 15) is 9.90 Å². The molecule has 20 heavy (non-hydrogen) atoms. The average molecular weight is 296 g/mol. The van der Waals surface area contributed by atoms with Gasteiger partial charge in [0.05, 0.1) is 11.2 Å². The monoisotopic (exact) mass is 296 g/mol. The molecule has 0 aliphatic heterocycles. The summed E-state index contributed by atoms with van der Waals surface area (Å²) >= 11 is 1.50. The lowest BCUT2D eigenvalue weighted by Crippen LogP contribution is -2.39. The number of aromatic nitrogens is 1. The van der Waals surface area contributed by atoms with Crippen molar-refractivity contribution >= 4 is 17.2 Å². The molecule has 5 heteroatoms. The molecule has 4 nitrogen and oxygen atoms in total. The Morgan fingerprint density at radius 1 is 1.45 bits per heavy atom. The van der Waals surface area contributed by atoms with Crippen LogP contribution in [0.1, 0.15) is 60.1 Å². The first kappa shape index (κ1) is 15.4. The number of rotatable bonds is 4.